The summed E-state index contributed by atoms with van der Waals surface area (Å²) in [5.74, 6) is 1.09. The number of hydrogen-bond acceptors (Lipinski definition) is 2. The molecule has 2 nitrogen and oxygen atoms in total. The Kier molecular flexibility index (Phi) is 4.22. The molecule has 18 heavy (non-hydrogen) atoms. The molecule has 0 saturated carbocycles. The molecule has 3 heteroatoms. The van der Waals surface area contributed by atoms with E-state index in [-0.39, 0.29) is 9.71 Å². The average molecular weight is 354 g/mol. The molecule has 0 N–H and O–H groups in total. The number of Topliss-reactive ketones (excluding diaryl/α,β-unsaturated/α-hetero) is 1. The Morgan fingerprint density at radius 1 is 1.22 bits per heavy atom. The van der Waals surface area contributed by atoms with Crippen LogP contribution < -0.4 is 4.74 Å². The van der Waals surface area contributed by atoms with Crippen molar-refractivity contribution in [2.45, 2.75) is 17.3 Å². The van der Waals surface area contributed by atoms with Crippen LogP contribution in [0.15, 0.2) is 36.4 Å². The third kappa shape index (κ3) is 3.02. The first-order chi connectivity index (χ1) is 8.60. The summed E-state index contributed by atoms with van der Waals surface area (Å²) in [5, 5.41) is 2.34. The van der Waals surface area contributed by atoms with Gasteiger partial charge in [-0.1, -0.05) is 46.9 Å². The van der Waals surface area contributed by atoms with Gasteiger partial charge in [-0.25, -0.2) is 0 Å². The number of halogens is 1. The minimum Gasteiger partial charge on any atom is -0.497 e. The molecule has 2 aromatic carbocycles. The Morgan fingerprint density at radius 2 is 1.89 bits per heavy atom. The van der Waals surface area contributed by atoms with Gasteiger partial charge in [-0.2, -0.15) is 0 Å². The van der Waals surface area contributed by atoms with Crippen LogP contribution in [0.1, 0.15) is 12.5 Å². The fourth-order valence-corrected chi connectivity index (χ4v) is 2.39. The summed E-state index contributed by atoms with van der Waals surface area (Å²) in [6.07, 6.45) is 0.790. The van der Waals surface area contributed by atoms with Gasteiger partial charge in [0.2, 0.25) is 0 Å². The summed E-state index contributed by atoms with van der Waals surface area (Å²) in [5.41, 5.74) is 1.20. The maximum atomic E-state index is 11.3. The van der Waals surface area contributed by atoms with E-state index in [4.69, 9.17) is 4.74 Å². The first-order valence-electron chi connectivity index (χ1n) is 5.81. The summed E-state index contributed by atoms with van der Waals surface area (Å²) >= 11 is 2.20. The largest absolute Gasteiger partial charge is 0.497 e. The highest BCUT2D eigenvalue weighted by atomic mass is 127. The fourth-order valence-electron chi connectivity index (χ4n) is 1.88. The molecular formula is C15H15IO2. The van der Waals surface area contributed by atoms with Gasteiger partial charge in [0, 0.05) is 0 Å². The van der Waals surface area contributed by atoms with Crippen LogP contribution >= 0.6 is 22.6 Å². The summed E-state index contributed by atoms with van der Waals surface area (Å²) in [4.78, 5) is 11.3. The van der Waals surface area contributed by atoms with Crippen LogP contribution in [-0.2, 0) is 11.2 Å². The average Bonchev–Trinajstić information content (AvgIpc) is 2.37. The minimum absolute atomic E-state index is 0.0540. The number of hydrogen-bond donors (Lipinski definition) is 0. The van der Waals surface area contributed by atoms with E-state index in [1.54, 1.807) is 14.0 Å². The van der Waals surface area contributed by atoms with Crippen molar-refractivity contribution in [3.8, 4) is 5.75 Å². The Morgan fingerprint density at radius 3 is 2.56 bits per heavy atom. The number of rotatable bonds is 4. The highest BCUT2D eigenvalue weighted by molar-refractivity contribution is 14.1. The van der Waals surface area contributed by atoms with Crippen LogP contribution in [0.2, 0.25) is 0 Å². The third-order valence-corrected chi connectivity index (χ3v) is 4.29. The van der Waals surface area contributed by atoms with Crippen molar-refractivity contribution < 1.29 is 9.53 Å². The number of carbonyl (C=O) groups is 1. The second-order valence-electron chi connectivity index (χ2n) is 4.33. The van der Waals surface area contributed by atoms with Gasteiger partial charge < -0.3 is 4.74 Å². The molecule has 2 rings (SSSR count). The van der Waals surface area contributed by atoms with E-state index in [0.29, 0.717) is 0 Å². The van der Waals surface area contributed by atoms with E-state index in [9.17, 15) is 4.79 Å². The molecule has 0 bridgehead atoms. The van der Waals surface area contributed by atoms with Crippen LogP contribution in [0.3, 0.4) is 0 Å². The number of ether oxygens (including phenoxy) is 1. The molecular weight excluding hydrogens is 339 g/mol. The molecule has 0 aliphatic rings. The smallest absolute Gasteiger partial charge is 0.142 e. The molecule has 0 amide bonds. The molecule has 0 aliphatic carbocycles. The number of carbonyl (C=O) groups excluding carboxylic acids is 1. The molecule has 94 valence electrons. The number of ketones is 1. The molecule has 1 unspecified atom stereocenters. The van der Waals surface area contributed by atoms with Crippen molar-refractivity contribution in [1.82, 2.24) is 0 Å². The van der Waals surface area contributed by atoms with Gasteiger partial charge in [0.1, 0.15) is 11.5 Å². The van der Waals surface area contributed by atoms with Gasteiger partial charge in [0.25, 0.3) is 0 Å². The Balaban J connectivity index is 2.30. The van der Waals surface area contributed by atoms with Crippen LogP contribution in [0.25, 0.3) is 10.8 Å². The lowest BCUT2D eigenvalue weighted by Gasteiger charge is -2.08. The van der Waals surface area contributed by atoms with Gasteiger partial charge >= 0.3 is 0 Å². The third-order valence-electron chi connectivity index (χ3n) is 2.97. The molecule has 0 spiro atoms. The quantitative estimate of drug-likeness (QED) is 0.617. The Labute approximate surface area is 120 Å². The lowest BCUT2D eigenvalue weighted by atomic mass is 10.0. The van der Waals surface area contributed by atoms with Gasteiger partial charge in [-0.3, -0.25) is 4.79 Å². The molecule has 0 fully saturated rings. The summed E-state index contributed by atoms with van der Waals surface area (Å²) in [6.45, 7) is 1.64. The molecule has 0 aliphatic heterocycles. The van der Waals surface area contributed by atoms with Crippen molar-refractivity contribution in [1.29, 1.82) is 0 Å². The van der Waals surface area contributed by atoms with E-state index < -0.39 is 0 Å². The van der Waals surface area contributed by atoms with Crippen LogP contribution in [0.5, 0.6) is 5.75 Å². The van der Waals surface area contributed by atoms with Crippen molar-refractivity contribution in [3.05, 3.63) is 42.0 Å². The molecule has 0 aromatic heterocycles. The topological polar surface area (TPSA) is 26.3 Å². The zero-order chi connectivity index (χ0) is 13.1. The number of alkyl halides is 1. The lowest BCUT2D eigenvalue weighted by molar-refractivity contribution is -0.116. The van der Waals surface area contributed by atoms with Crippen molar-refractivity contribution >= 4 is 39.1 Å². The fraction of sp³-hybridized carbons (Fsp3) is 0.267. The Bertz CT molecular complexity index is 578. The van der Waals surface area contributed by atoms with Crippen molar-refractivity contribution in [3.63, 3.8) is 0 Å². The molecule has 0 radical (unpaired) electrons. The monoisotopic (exact) mass is 354 g/mol. The first-order valence-corrected chi connectivity index (χ1v) is 7.06. The van der Waals surface area contributed by atoms with Crippen LogP contribution in [-0.4, -0.2) is 16.8 Å². The van der Waals surface area contributed by atoms with Gasteiger partial charge in [0.05, 0.1) is 11.0 Å². The SMILES string of the molecule is COc1ccc2cc(CC(I)C(C)=O)ccc2c1. The second-order valence-corrected chi connectivity index (χ2v) is 5.83. The number of methoxy groups -OCH3 is 1. The zero-order valence-corrected chi connectivity index (χ0v) is 12.6. The highest BCUT2D eigenvalue weighted by Crippen LogP contribution is 2.23. The lowest BCUT2D eigenvalue weighted by Crippen LogP contribution is -2.12. The van der Waals surface area contributed by atoms with E-state index in [0.717, 1.165) is 17.6 Å². The summed E-state index contributed by atoms with van der Waals surface area (Å²) in [6, 6.07) is 12.3. The second kappa shape index (κ2) is 5.69. The van der Waals surface area contributed by atoms with Gasteiger partial charge in [0.15, 0.2) is 0 Å². The standard InChI is InChI=1S/C15H15IO2/c1-10(17)15(16)8-11-3-4-13-9-14(18-2)6-5-12(13)7-11/h3-7,9,15H,8H2,1-2H3. The normalized spacial score (nSPS) is 12.4. The Hall–Kier alpha value is -1.10. The van der Waals surface area contributed by atoms with Crippen molar-refractivity contribution in [2.24, 2.45) is 0 Å². The number of fused-ring (bicyclic) bond motifs is 1. The molecule has 2 aromatic rings. The van der Waals surface area contributed by atoms with Crippen molar-refractivity contribution in [2.75, 3.05) is 7.11 Å². The minimum atomic E-state index is 0.0540. The summed E-state index contributed by atoms with van der Waals surface area (Å²) in [7, 11) is 1.67. The van der Waals surface area contributed by atoms with Gasteiger partial charge in [-0.15, -0.1) is 0 Å². The first kappa shape index (κ1) is 13.3. The van der Waals surface area contributed by atoms with E-state index >= 15 is 0 Å². The predicted molar refractivity (Wildman–Crippen MR) is 82.7 cm³/mol. The predicted octanol–water partition coefficient (Wildman–Crippen LogP) is 3.78. The maximum Gasteiger partial charge on any atom is 0.142 e. The van der Waals surface area contributed by atoms with Crippen LogP contribution in [0.4, 0.5) is 0 Å². The number of benzene rings is 2. The summed E-state index contributed by atoms with van der Waals surface area (Å²) < 4.78 is 5.26. The van der Waals surface area contributed by atoms with Crippen LogP contribution in [0, 0.1) is 0 Å². The van der Waals surface area contributed by atoms with E-state index in [2.05, 4.69) is 40.8 Å². The molecule has 1 atom stereocenters. The zero-order valence-electron chi connectivity index (χ0n) is 10.4. The highest BCUT2D eigenvalue weighted by Gasteiger charge is 2.10. The maximum absolute atomic E-state index is 11.3. The molecule has 0 heterocycles. The van der Waals surface area contributed by atoms with E-state index in [1.807, 2.05) is 18.2 Å². The molecule has 0 saturated heterocycles. The van der Waals surface area contributed by atoms with E-state index in [1.165, 1.54) is 10.9 Å². The van der Waals surface area contributed by atoms with Gasteiger partial charge in [-0.05, 0) is 41.8 Å².